The van der Waals surface area contributed by atoms with Crippen LogP contribution >= 0.6 is 0 Å². The zero-order valence-corrected chi connectivity index (χ0v) is 30.4. The highest BCUT2D eigenvalue weighted by Gasteiger charge is 2.46. The van der Waals surface area contributed by atoms with Crippen molar-refractivity contribution in [3.05, 3.63) is 70.8 Å². The maximum atomic E-state index is 11.5. The first-order valence-corrected chi connectivity index (χ1v) is 17.6. The maximum absolute atomic E-state index is 11.5. The third kappa shape index (κ3) is 10.1. The van der Waals surface area contributed by atoms with E-state index < -0.39 is 23.4 Å². The predicted octanol–water partition coefficient (Wildman–Crippen LogP) is 6.37. The summed E-state index contributed by atoms with van der Waals surface area (Å²) >= 11 is 0. The molecule has 6 atom stereocenters. The lowest BCUT2D eigenvalue weighted by Gasteiger charge is -2.44. The molecule has 0 spiro atoms. The van der Waals surface area contributed by atoms with E-state index in [0.29, 0.717) is 50.7 Å². The lowest BCUT2D eigenvalue weighted by atomic mass is 9.65. The summed E-state index contributed by atoms with van der Waals surface area (Å²) in [5, 5.41) is 43.2. The summed E-state index contributed by atoms with van der Waals surface area (Å²) in [5.74, 6) is 0.288. The lowest BCUT2D eigenvalue weighted by molar-refractivity contribution is -0.143. The summed E-state index contributed by atoms with van der Waals surface area (Å²) in [6, 6.07) is 14.6. The second-order valence-corrected chi connectivity index (χ2v) is 15.9. The molecule has 0 aliphatic heterocycles. The van der Waals surface area contributed by atoms with E-state index in [1.54, 1.807) is 13.8 Å². The van der Waals surface area contributed by atoms with E-state index in [2.05, 4.69) is 41.5 Å². The topological polar surface area (TPSA) is 134 Å². The summed E-state index contributed by atoms with van der Waals surface area (Å²) in [7, 11) is 0. The first-order chi connectivity index (χ1) is 22.3. The lowest BCUT2D eigenvalue weighted by Crippen LogP contribution is -2.46. The minimum Gasteiger partial charge on any atom is -0.466 e. The number of hydrogen-bond donors (Lipinski definition) is 4. The van der Waals surface area contributed by atoms with Crippen LogP contribution in [0, 0.1) is 22.7 Å². The highest BCUT2D eigenvalue weighted by atomic mass is 16.5. The van der Waals surface area contributed by atoms with E-state index in [0.717, 1.165) is 35.1 Å². The van der Waals surface area contributed by atoms with E-state index in [1.807, 2.05) is 48.5 Å². The molecule has 4 N–H and O–H groups in total. The monoisotopic (exact) mass is 668 g/mol. The van der Waals surface area contributed by atoms with Crippen LogP contribution in [0.2, 0.25) is 0 Å². The molecule has 0 aromatic heterocycles. The summed E-state index contributed by atoms with van der Waals surface area (Å²) in [6.45, 7) is 17.4. The molecule has 8 nitrogen and oxygen atoms in total. The van der Waals surface area contributed by atoms with E-state index in [1.165, 1.54) is 0 Å². The third-order valence-corrected chi connectivity index (χ3v) is 10.5. The van der Waals surface area contributed by atoms with Gasteiger partial charge in [-0.2, -0.15) is 0 Å². The standard InChI is InChI=1S/2C20H30O4/c2*1-5-24-18(22)12-14-6-8-15(9-7-14)20(23)11-10-16(13-17(20)21)19(2,3)4/h2*6-9,16-17,21,23H,5,10-13H2,1-4H3/t16-,17+,20+;16-,17-,20-/m01/s1. The average Bonchev–Trinajstić information content (AvgIpc) is 3.00. The number of hydrogen-bond acceptors (Lipinski definition) is 8. The van der Waals surface area contributed by atoms with Gasteiger partial charge in [0, 0.05) is 0 Å². The van der Waals surface area contributed by atoms with Crippen molar-refractivity contribution in [2.75, 3.05) is 13.2 Å². The van der Waals surface area contributed by atoms with Gasteiger partial charge in [0.15, 0.2) is 0 Å². The molecule has 0 heterocycles. The molecule has 2 fully saturated rings. The molecule has 0 amide bonds. The van der Waals surface area contributed by atoms with Gasteiger partial charge in [0.25, 0.3) is 0 Å². The van der Waals surface area contributed by atoms with Crippen molar-refractivity contribution < 1.29 is 39.5 Å². The van der Waals surface area contributed by atoms with Gasteiger partial charge in [-0.3, -0.25) is 9.59 Å². The molecule has 2 aliphatic rings. The molecule has 2 saturated carbocycles. The van der Waals surface area contributed by atoms with Gasteiger partial charge in [0.1, 0.15) is 11.2 Å². The number of rotatable bonds is 8. The highest BCUT2D eigenvalue weighted by Crippen LogP contribution is 2.47. The summed E-state index contributed by atoms with van der Waals surface area (Å²) in [5.41, 5.74) is 0.980. The fourth-order valence-corrected chi connectivity index (χ4v) is 7.11. The molecule has 2 aromatic rings. The maximum Gasteiger partial charge on any atom is 0.310 e. The first-order valence-electron chi connectivity index (χ1n) is 17.6. The Morgan fingerprint density at radius 2 is 0.958 bits per heavy atom. The number of carbonyl (C=O) groups excluding carboxylic acids is 2. The molecule has 2 aliphatic carbocycles. The van der Waals surface area contributed by atoms with Crippen LogP contribution in [0.1, 0.15) is 116 Å². The predicted molar refractivity (Wildman–Crippen MR) is 187 cm³/mol. The van der Waals surface area contributed by atoms with Gasteiger partial charge in [0.05, 0.1) is 38.3 Å². The second-order valence-electron chi connectivity index (χ2n) is 15.9. The third-order valence-electron chi connectivity index (χ3n) is 10.5. The number of aliphatic hydroxyl groups excluding tert-OH is 2. The minimum atomic E-state index is -1.20. The van der Waals surface area contributed by atoms with Gasteiger partial charge in [-0.25, -0.2) is 0 Å². The molecule has 268 valence electrons. The summed E-state index contributed by atoms with van der Waals surface area (Å²) < 4.78 is 9.89. The van der Waals surface area contributed by atoms with Crippen LogP contribution in [0.15, 0.2) is 48.5 Å². The van der Waals surface area contributed by atoms with Crippen LogP contribution < -0.4 is 0 Å². The Bertz CT molecular complexity index is 1220. The van der Waals surface area contributed by atoms with Crippen molar-refractivity contribution >= 4 is 11.9 Å². The number of benzene rings is 2. The summed E-state index contributed by atoms with van der Waals surface area (Å²) in [6.07, 6.45) is 2.99. The van der Waals surface area contributed by atoms with Crippen LogP contribution in [0.3, 0.4) is 0 Å². The van der Waals surface area contributed by atoms with Gasteiger partial charge in [-0.1, -0.05) is 90.1 Å². The Balaban J connectivity index is 0.000000260. The Labute approximate surface area is 287 Å². The van der Waals surface area contributed by atoms with Gasteiger partial charge in [0.2, 0.25) is 0 Å². The van der Waals surface area contributed by atoms with E-state index >= 15 is 0 Å². The van der Waals surface area contributed by atoms with Gasteiger partial charge in [-0.05, 0) is 97.3 Å². The Morgan fingerprint density at radius 1 is 0.646 bits per heavy atom. The molecule has 2 aromatic carbocycles. The van der Waals surface area contributed by atoms with Crippen LogP contribution in [0.25, 0.3) is 0 Å². The number of esters is 2. The molecule has 8 heteroatoms. The second kappa shape index (κ2) is 16.3. The van der Waals surface area contributed by atoms with E-state index in [4.69, 9.17) is 9.47 Å². The SMILES string of the molecule is CCOC(=O)Cc1ccc([C@]2(O)CC[C@@H](C(C)(C)C)C[C@H]2O)cc1.CCOC(=O)Cc1ccc([C@]2(O)CC[C@H](C(C)(C)C)C[C@H]2O)cc1. The molecular formula is C40H60O8. The summed E-state index contributed by atoms with van der Waals surface area (Å²) in [4.78, 5) is 23.1. The number of carbonyl (C=O) groups is 2. The number of ether oxygens (including phenoxy) is 2. The van der Waals surface area contributed by atoms with E-state index in [9.17, 15) is 30.0 Å². The van der Waals surface area contributed by atoms with Crippen molar-refractivity contribution in [3.8, 4) is 0 Å². The molecule has 0 saturated heterocycles. The molecule has 48 heavy (non-hydrogen) atoms. The van der Waals surface area contributed by atoms with Gasteiger partial charge < -0.3 is 29.9 Å². The average molecular weight is 669 g/mol. The normalized spacial score (nSPS) is 27.8. The molecule has 0 radical (unpaired) electrons. The zero-order chi connectivity index (χ0) is 35.9. The molecule has 0 unspecified atom stereocenters. The first kappa shape index (κ1) is 39.7. The van der Waals surface area contributed by atoms with Crippen LogP contribution in [-0.4, -0.2) is 57.8 Å². The van der Waals surface area contributed by atoms with Gasteiger partial charge in [-0.15, -0.1) is 0 Å². The Hall–Kier alpha value is -2.78. The Morgan fingerprint density at radius 3 is 1.21 bits per heavy atom. The molecule has 4 rings (SSSR count). The highest BCUT2D eigenvalue weighted by molar-refractivity contribution is 5.73. The minimum absolute atomic E-state index is 0.131. The zero-order valence-electron chi connectivity index (χ0n) is 30.4. The van der Waals surface area contributed by atoms with Crippen molar-refractivity contribution in [1.29, 1.82) is 0 Å². The Kier molecular flexibility index (Phi) is 13.5. The number of aliphatic hydroxyl groups is 4. The van der Waals surface area contributed by atoms with Crippen molar-refractivity contribution in [1.82, 2.24) is 0 Å². The molecule has 0 bridgehead atoms. The molecular weight excluding hydrogens is 608 g/mol. The van der Waals surface area contributed by atoms with Crippen LogP contribution in [0.5, 0.6) is 0 Å². The van der Waals surface area contributed by atoms with Crippen molar-refractivity contribution in [2.45, 2.75) is 130 Å². The smallest absolute Gasteiger partial charge is 0.310 e. The van der Waals surface area contributed by atoms with Crippen molar-refractivity contribution in [3.63, 3.8) is 0 Å². The fraction of sp³-hybridized carbons (Fsp3) is 0.650. The van der Waals surface area contributed by atoms with Crippen molar-refractivity contribution in [2.24, 2.45) is 22.7 Å². The van der Waals surface area contributed by atoms with Crippen LogP contribution in [0.4, 0.5) is 0 Å². The fourth-order valence-electron chi connectivity index (χ4n) is 7.11. The largest absolute Gasteiger partial charge is 0.466 e. The van der Waals surface area contributed by atoms with Gasteiger partial charge >= 0.3 is 11.9 Å². The van der Waals surface area contributed by atoms with E-state index in [-0.39, 0.29) is 35.6 Å². The van der Waals surface area contributed by atoms with Crippen LogP contribution in [-0.2, 0) is 43.1 Å². The quantitative estimate of drug-likeness (QED) is 0.239.